The average molecular weight is 300 g/mol. The largest absolute Gasteiger partial charge is 0.469 e. The number of furan rings is 1. The molecule has 5 heteroatoms. The Kier molecular flexibility index (Phi) is 3.75. The number of aromatic nitrogens is 1. The van der Waals surface area contributed by atoms with Crippen LogP contribution in [0.2, 0.25) is 0 Å². The number of nitrogens with one attached hydrogen (secondary N) is 1. The molecular weight excluding hydrogens is 284 g/mol. The van der Waals surface area contributed by atoms with Gasteiger partial charge in [0.1, 0.15) is 5.76 Å². The predicted octanol–water partition coefficient (Wildman–Crippen LogP) is 4.08. The highest BCUT2D eigenvalue weighted by molar-refractivity contribution is 7.22. The highest BCUT2D eigenvalue weighted by atomic mass is 32.1. The Hall–Kier alpha value is -2.14. The van der Waals surface area contributed by atoms with E-state index in [1.807, 2.05) is 19.1 Å². The van der Waals surface area contributed by atoms with Crippen LogP contribution < -0.4 is 5.32 Å². The van der Waals surface area contributed by atoms with E-state index in [9.17, 15) is 4.79 Å². The fourth-order valence-electron chi connectivity index (χ4n) is 2.30. The number of anilines is 1. The normalized spacial score (nSPS) is 11.0. The highest BCUT2D eigenvalue weighted by Crippen LogP contribution is 2.29. The van der Waals surface area contributed by atoms with Crippen LogP contribution in [0.15, 0.2) is 34.9 Å². The zero-order valence-corrected chi connectivity index (χ0v) is 12.8. The zero-order chi connectivity index (χ0) is 14.8. The van der Waals surface area contributed by atoms with Gasteiger partial charge in [-0.1, -0.05) is 17.4 Å². The van der Waals surface area contributed by atoms with Crippen LogP contribution >= 0.6 is 11.3 Å². The van der Waals surface area contributed by atoms with Crippen molar-refractivity contribution in [2.45, 2.75) is 26.7 Å². The molecule has 0 aliphatic carbocycles. The molecule has 0 spiro atoms. The van der Waals surface area contributed by atoms with Gasteiger partial charge in [-0.2, -0.15) is 0 Å². The number of nitrogens with zero attached hydrogens (tertiary/aromatic N) is 1. The van der Waals surface area contributed by atoms with Gasteiger partial charge in [-0.05, 0) is 43.2 Å². The summed E-state index contributed by atoms with van der Waals surface area (Å²) in [6, 6.07) is 7.89. The van der Waals surface area contributed by atoms with Crippen molar-refractivity contribution in [3.63, 3.8) is 0 Å². The van der Waals surface area contributed by atoms with E-state index in [2.05, 4.69) is 29.4 Å². The number of rotatable bonds is 4. The lowest BCUT2D eigenvalue weighted by Crippen LogP contribution is -2.11. The minimum atomic E-state index is -0.0418. The van der Waals surface area contributed by atoms with Gasteiger partial charge in [0.05, 0.1) is 16.5 Å². The molecule has 2 aromatic heterocycles. The van der Waals surface area contributed by atoms with Crippen LogP contribution in [0, 0.1) is 13.8 Å². The molecule has 0 atom stereocenters. The SMILES string of the molecule is Cc1cc(C)c2nc(NC(=O)CCc3ccco3)sc2c1. The number of aryl methyl sites for hydroxylation is 3. The quantitative estimate of drug-likeness (QED) is 0.790. The number of hydrogen-bond acceptors (Lipinski definition) is 4. The van der Waals surface area contributed by atoms with Crippen molar-refractivity contribution >= 4 is 32.6 Å². The number of thiazole rings is 1. The van der Waals surface area contributed by atoms with E-state index in [0.717, 1.165) is 21.5 Å². The first-order chi connectivity index (χ1) is 10.1. The number of fused-ring (bicyclic) bond motifs is 1. The lowest BCUT2D eigenvalue weighted by Gasteiger charge is -1.99. The molecular formula is C16H16N2O2S. The summed E-state index contributed by atoms with van der Waals surface area (Å²) in [4.78, 5) is 16.5. The first kappa shape index (κ1) is 13.8. The zero-order valence-electron chi connectivity index (χ0n) is 12.0. The maximum absolute atomic E-state index is 12.0. The van der Waals surface area contributed by atoms with Crippen LogP contribution in [-0.2, 0) is 11.2 Å². The molecule has 0 saturated carbocycles. The van der Waals surface area contributed by atoms with Crippen LogP contribution in [0.25, 0.3) is 10.2 Å². The standard InChI is InChI=1S/C16H16N2O2S/c1-10-8-11(2)15-13(9-10)21-16(18-15)17-14(19)6-5-12-4-3-7-20-12/h3-4,7-9H,5-6H2,1-2H3,(H,17,18,19). The van der Waals surface area contributed by atoms with Gasteiger partial charge in [0.15, 0.2) is 5.13 Å². The van der Waals surface area contributed by atoms with Crippen LogP contribution in [0.3, 0.4) is 0 Å². The van der Waals surface area contributed by atoms with E-state index in [4.69, 9.17) is 4.42 Å². The van der Waals surface area contributed by atoms with Gasteiger partial charge in [-0.25, -0.2) is 4.98 Å². The third-order valence-corrected chi connectivity index (χ3v) is 4.17. The number of carbonyl (C=O) groups excluding carboxylic acids is 1. The third-order valence-electron chi connectivity index (χ3n) is 3.25. The summed E-state index contributed by atoms with van der Waals surface area (Å²) in [7, 11) is 0. The molecule has 0 radical (unpaired) electrons. The summed E-state index contributed by atoms with van der Waals surface area (Å²) >= 11 is 1.51. The Balaban J connectivity index is 1.69. The molecule has 0 unspecified atom stereocenters. The monoisotopic (exact) mass is 300 g/mol. The van der Waals surface area contributed by atoms with Crippen LogP contribution in [0.1, 0.15) is 23.3 Å². The third kappa shape index (κ3) is 3.13. The fourth-order valence-corrected chi connectivity index (χ4v) is 3.36. The maximum Gasteiger partial charge on any atom is 0.226 e. The van der Waals surface area contributed by atoms with Crippen molar-refractivity contribution < 1.29 is 9.21 Å². The molecule has 1 amide bonds. The molecule has 3 aromatic rings. The molecule has 108 valence electrons. The van der Waals surface area contributed by atoms with E-state index < -0.39 is 0 Å². The van der Waals surface area contributed by atoms with Crippen LogP contribution in [0.5, 0.6) is 0 Å². The van der Waals surface area contributed by atoms with Gasteiger partial charge < -0.3 is 9.73 Å². The maximum atomic E-state index is 12.0. The molecule has 0 bridgehead atoms. The summed E-state index contributed by atoms with van der Waals surface area (Å²) < 4.78 is 6.32. The van der Waals surface area contributed by atoms with E-state index in [-0.39, 0.29) is 5.91 Å². The summed E-state index contributed by atoms with van der Waals surface area (Å²) in [6.07, 6.45) is 2.61. The minimum absolute atomic E-state index is 0.0418. The molecule has 1 aromatic carbocycles. The second-order valence-electron chi connectivity index (χ2n) is 5.08. The Bertz CT molecular complexity index is 775. The van der Waals surface area contributed by atoms with Gasteiger partial charge in [-0.3, -0.25) is 4.79 Å². The van der Waals surface area contributed by atoms with E-state index in [0.29, 0.717) is 18.0 Å². The topological polar surface area (TPSA) is 55.1 Å². The number of hydrogen-bond donors (Lipinski definition) is 1. The Morgan fingerprint density at radius 3 is 3.00 bits per heavy atom. The van der Waals surface area contributed by atoms with Crippen LogP contribution in [-0.4, -0.2) is 10.9 Å². The molecule has 0 aliphatic rings. The summed E-state index contributed by atoms with van der Waals surface area (Å²) in [6.45, 7) is 4.10. The number of benzene rings is 1. The van der Waals surface area contributed by atoms with E-state index in [1.165, 1.54) is 16.9 Å². The molecule has 21 heavy (non-hydrogen) atoms. The predicted molar refractivity (Wildman–Crippen MR) is 84.8 cm³/mol. The van der Waals surface area contributed by atoms with Crippen molar-refractivity contribution in [3.05, 3.63) is 47.4 Å². The van der Waals surface area contributed by atoms with Crippen molar-refractivity contribution in [2.24, 2.45) is 0 Å². The van der Waals surface area contributed by atoms with Gasteiger partial charge in [0, 0.05) is 12.8 Å². The van der Waals surface area contributed by atoms with Gasteiger partial charge in [-0.15, -0.1) is 0 Å². The van der Waals surface area contributed by atoms with Crippen LogP contribution in [0.4, 0.5) is 5.13 Å². The summed E-state index contributed by atoms with van der Waals surface area (Å²) in [5.41, 5.74) is 3.31. The second kappa shape index (κ2) is 5.69. The molecule has 3 rings (SSSR count). The number of carbonyl (C=O) groups is 1. The smallest absolute Gasteiger partial charge is 0.226 e. The highest BCUT2D eigenvalue weighted by Gasteiger charge is 2.10. The van der Waals surface area contributed by atoms with Gasteiger partial charge in [0.25, 0.3) is 0 Å². The Morgan fingerprint density at radius 1 is 1.38 bits per heavy atom. The minimum Gasteiger partial charge on any atom is -0.469 e. The first-order valence-electron chi connectivity index (χ1n) is 6.82. The Labute approximate surface area is 126 Å². The van der Waals surface area contributed by atoms with E-state index in [1.54, 1.807) is 6.26 Å². The van der Waals surface area contributed by atoms with Crippen molar-refractivity contribution in [2.75, 3.05) is 5.32 Å². The van der Waals surface area contributed by atoms with Gasteiger partial charge >= 0.3 is 0 Å². The molecule has 0 saturated heterocycles. The lowest BCUT2D eigenvalue weighted by atomic mass is 10.1. The fraction of sp³-hybridized carbons (Fsp3) is 0.250. The molecule has 2 heterocycles. The molecule has 4 nitrogen and oxygen atoms in total. The van der Waals surface area contributed by atoms with Crippen molar-refractivity contribution in [1.82, 2.24) is 4.98 Å². The van der Waals surface area contributed by atoms with E-state index >= 15 is 0 Å². The Morgan fingerprint density at radius 2 is 2.24 bits per heavy atom. The average Bonchev–Trinajstić information content (AvgIpc) is 3.05. The van der Waals surface area contributed by atoms with Crippen molar-refractivity contribution in [1.29, 1.82) is 0 Å². The second-order valence-corrected chi connectivity index (χ2v) is 6.11. The first-order valence-corrected chi connectivity index (χ1v) is 7.63. The summed E-state index contributed by atoms with van der Waals surface area (Å²) in [5, 5.41) is 3.52. The summed E-state index contributed by atoms with van der Waals surface area (Å²) in [5.74, 6) is 0.778. The van der Waals surface area contributed by atoms with Crippen molar-refractivity contribution in [3.8, 4) is 0 Å². The number of amides is 1. The molecule has 0 fully saturated rings. The lowest BCUT2D eigenvalue weighted by molar-refractivity contribution is -0.116. The molecule has 0 aliphatic heterocycles. The van der Waals surface area contributed by atoms with Gasteiger partial charge in [0.2, 0.25) is 5.91 Å². The molecule has 1 N–H and O–H groups in total.